The molecule has 2 aromatic heterocycles. The predicted molar refractivity (Wildman–Crippen MR) is 149 cm³/mol. The van der Waals surface area contributed by atoms with Crippen molar-refractivity contribution < 1.29 is 14.3 Å². The van der Waals surface area contributed by atoms with Crippen LogP contribution in [-0.2, 0) is 17.7 Å². The molecule has 0 atom stereocenters. The molecule has 9 nitrogen and oxygen atoms in total. The van der Waals surface area contributed by atoms with Gasteiger partial charge in [0, 0.05) is 24.1 Å². The molecule has 0 spiro atoms. The van der Waals surface area contributed by atoms with E-state index >= 15 is 0 Å². The second-order valence-electron chi connectivity index (χ2n) is 10.4. The van der Waals surface area contributed by atoms with Gasteiger partial charge < -0.3 is 14.0 Å². The van der Waals surface area contributed by atoms with Crippen LogP contribution < -0.4 is 4.74 Å². The molecule has 3 aromatic carbocycles. The number of para-hydroxylation sites is 1. The average Bonchev–Trinajstić information content (AvgIpc) is 3.56. The summed E-state index contributed by atoms with van der Waals surface area (Å²) in [6.45, 7) is 8.30. The van der Waals surface area contributed by atoms with Gasteiger partial charge in [0.1, 0.15) is 17.2 Å². The van der Waals surface area contributed by atoms with Crippen molar-refractivity contribution in [1.82, 2.24) is 30.2 Å². The standard InChI is InChI=1S/C30H32N6O3/c1-5-6-11-27-31-24-18-22(28-32-34-35-33-28)16-17-25(24)36(27)19-20-12-14-21(15-13-20)23-9-7-8-10-26(23)38-29(37)39-30(2,3)4/h7-10,12-18H,5-6,11,19H2,1-4H3,(H,32,33,34,35). The Bertz CT molecular complexity index is 1570. The molecule has 0 radical (unpaired) electrons. The van der Waals surface area contributed by atoms with Gasteiger partial charge in [-0.25, -0.2) is 9.78 Å². The predicted octanol–water partition coefficient (Wildman–Crippen LogP) is 6.59. The second kappa shape index (κ2) is 11.1. The summed E-state index contributed by atoms with van der Waals surface area (Å²) in [5.41, 5.74) is 5.13. The highest BCUT2D eigenvalue weighted by molar-refractivity contribution is 5.81. The Morgan fingerprint density at radius 3 is 2.49 bits per heavy atom. The van der Waals surface area contributed by atoms with E-state index < -0.39 is 11.8 Å². The van der Waals surface area contributed by atoms with E-state index in [1.807, 2.05) is 63.2 Å². The summed E-state index contributed by atoms with van der Waals surface area (Å²) in [5.74, 6) is 2.06. The first kappa shape index (κ1) is 26.1. The second-order valence-corrected chi connectivity index (χ2v) is 10.4. The Hall–Kier alpha value is -4.53. The van der Waals surface area contributed by atoms with Crippen molar-refractivity contribution in [2.75, 3.05) is 0 Å². The molecular weight excluding hydrogens is 492 g/mol. The first-order valence-corrected chi connectivity index (χ1v) is 13.1. The Morgan fingerprint density at radius 2 is 1.77 bits per heavy atom. The van der Waals surface area contributed by atoms with Crippen LogP contribution in [0.1, 0.15) is 51.9 Å². The third-order valence-electron chi connectivity index (χ3n) is 6.26. The van der Waals surface area contributed by atoms with E-state index in [2.05, 4.69) is 50.3 Å². The molecule has 0 fully saturated rings. The SMILES string of the molecule is CCCCc1nc2cc(-c3nn[nH]n3)ccc2n1Cc1ccc(-c2ccccc2OC(=O)OC(C)(C)C)cc1. The van der Waals surface area contributed by atoms with Crippen LogP contribution in [0.15, 0.2) is 66.7 Å². The molecule has 0 unspecified atom stereocenters. The van der Waals surface area contributed by atoms with Crippen molar-refractivity contribution in [3.05, 3.63) is 78.1 Å². The van der Waals surface area contributed by atoms with E-state index in [1.165, 1.54) is 0 Å². The summed E-state index contributed by atoms with van der Waals surface area (Å²) in [4.78, 5) is 17.2. The number of H-pyrrole nitrogens is 1. The van der Waals surface area contributed by atoms with Gasteiger partial charge in [-0.05, 0) is 67.8 Å². The number of tetrazole rings is 1. The number of nitrogens with zero attached hydrogens (tertiary/aromatic N) is 5. The molecule has 0 amide bonds. The van der Waals surface area contributed by atoms with Crippen molar-refractivity contribution in [2.24, 2.45) is 0 Å². The minimum Gasteiger partial charge on any atom is -0.428 e. The lowest BCUT2D eigenvalue weighted by molar-refractivity contribution is 0.0207. The highest BCUT2D eigenvalue weighted by Gasteiger charge is 2.20. The maximum Gasteiger partial charge on any atom is 0.514 e. The van der Waals surface area contributed by atoms with Gasteiger partial charge in [-0.2, -0.15) is 5.21 Å². The highest BCUT2D eigenvalue weighted by Crippen LogP contribution is 2.31. The smallest absolute Gasteiger partial charge is 0.428 e. The van der Waals surface area contributed by atoms with Gasteiger partial charge in [-0.15, -0.1) is 10.2 Å². The number of benzene rings is 3. The van der Waals surface area contributed by atoms with Crippen LogP contribution in [0, 0.1) is 0 Å². The Labute approximate surface area is 227 Å². The number of hydrogen-bond donors (Lipinski definition) is 1. The van der Waals surface area contributed by atoms with Gasteiger partial charge >= 0.3 is 6.16 Å². The van der Waals surface area contributed by atoms with Crippen molar-refractivity contribution >= 4 is 17.2 Å². The first-order chi connectivity index (χ1) is 18.8. The van der Waals surface area contributed by atoms with Gasteiger partial charge in [-0.1, -0.05) is 55.8 Å². The minimum atomic E-state index is -0.722. The lowest BCUT2D eigenvalue weighted by Crippen LogP contribution is -2.26. The summed E-state index contributed by atoms with van der Waals surface area (Å²) in [6.07, 6.45) is 2.34. The Balaban J connectivity index is 1.41. The zero-order valence-electron chi connectivity index (χ0n) is 22.6. The van der Waals surface area contributed by atoms with Crippen LogP contribution in [0.2, 0.25) is 0 Å². The fourth-order valence-electron chi connectivity index (χ4n) is 4.43. The van der Waals surface area contributed by atoms with E-state index in [1.54, 1.807) is 6.07 Å². The first-order valence-electron chi connectivity index (χ1n) is 13.1. The van der Waals surface area contributed by atoms with Gasteiger partial charge in [0.25, 0.3) is 0 Å². The van der Waals surface area contributed by atoms with Gasteiger partial charge in [-0.3, -0.25) is 0 Å². The lowest BCUT2D eigenvalue weighted by atomic mass is 10.0. The maximum atomic E-state index is 12.3. The molecule has 39 heavy (non-hydrogen) atoms. The normalized spacial score (nSPS) is 11.6. The third kappa shape index (κ3) is 6.14. The molecule has 0 aliphatic heterocycles. The molecule has 1 N–H and O–H groups in total. The monoisotopic (exact) mass is 524 g/mol. The number of carbonyl (C=O) groups is 1. The summed E-state index contributed by atoms with van der Waals surface area (Å²) in [5, 5.41) is 14.4. The van der Waals surface area contributed by atoms with Crippen LogP contribution >= 0.6 is 0 Å². The lowest BCUT2D eigenvalue weighted by Gasteiger charge is -2.19. The van der Waals surface area contributed by atoms with E-state index in [0.717, 1.165) is 58.4 Å². The molecule has 0 aliphatic carbocycles. The molecule has 0 saturated carbocycles. The number of aromatic amines is 1. The zero-order valence-corrected chi connectivity index (χ0v) is 22.6. The van der Waals surface area contributed by atoms with Crippen LogP contribution in [0.25, 0.3) is 33.5 Å². The fourth-order valence-corrected chi connectivity index (χ4v) is 4.43. The summed E-state index contributed by atoms with van der Waals surface area (Å²) in [6, 6.07) is 21.8. The summed E-state index contributed by atoms with van der Waals surface area (Å²) in [7, 11) is 0. The number of ether oxygens (including phenoxy) is 2. The number of imidazole rings is 1. The molecule has 200 valence electrons. The number of nitrogens with one attached hydrogen (secondary N) is 1. The number of fused-ring (bicyclic) bond motifs is 1. The largest absolute Gasteiger partial charge is 0.514 e. The summed E-state index contributed by atoms with van der Waals surface area (Å²) >= 11 is 0. The average molecular weight is 525 g/mol. The van der Waals surface area contributed by atoms with E-state index in [4.69, 9.17) is 14.5 Å². The number of aryl methyl sites for hydroxylation is 1. The molecular formula is C30H32N6O3. The maximum absolute atomic E-state index is 12.3. The van der Waals surface area contributed by atoms with E-state index in [0.29, 0.717) is 18.1 Å². The number of rotatable bonds is 8. The Morgan fingerprint density at radius 1 is 1.00 bits per heavy atom. The fraction of sp³-hybridized carbons (Fsp3) is 0.300. The molecule has 9 heteroatoms. The molecule has 2 heterocycles. The topological polar surface area (TPSA) is 108 Å². The van der Waals surface area contributed by atoms with E-state index in [-0.39, 0.29) is 0 Å². The van der Waals surface area contributed by atoms with Crippen LogP contribution in [0.5, 0.6) is 5.75 Å². The number of carbonyl (C=O) groups excluding carboxylic acids is 1. The van der Waals surface area contributed by atoms with Gasteiger partial charge in [0.05, 0.1) is 11.0 Å². The number of hydrogen-bond acceptors (Lipinski definition) is 7. The van der Waals surface area contributed by atoms with Crippen molar-refractivity contribution in [2.45, 2.75) is 59.1 Å². The molecule has 0 aliphatic rings. The molecule has 5 rings (SSSR count). The highest BCUT2D eigenvalue weighted by atomic mass is 16.7. The van der Waals surface area contributed by atoms with Crippen LogP contribution in [0.3, 0.4) is 0 Å². The van der Waals surface area contributed by atoms with Crippen molar-refractivity contribution in [3.8, 4) is 28.3 Å². The molecule has 0 bridgehead atoms. The zero-order chi connectivity index (χ0) is 27.4. The van der Waals surface area contributed by atoms with Gasteiger partial charge in [0.15, 0.2) is 0 Å². The van der Waals surface area contributed by atoms with Crippen LogP contribution in [-0.4, -0.2) is 41.9 Å². The molecule has 0 saturated heterocycles. The van der Waals surface area contributed by atoms with Gasteiger partial charge in [0.2, 0.25) is 5.82 Å². The number of unbranched alkanes of at least 4 members (excludes halogenated alkanes) is 1. The van der Waals surface area contributed by atoms with Crippen LogP contribution in [0.4, 0.5) is 4.79 Å². The van der Waals surface area contributed by atoms with Crippen molar-refractivity contribution in [1.29, 1.82) is 0 Å². The quantitative estimate of drug-likeness (QED) is 0.180. The minimum absolute atomic E-state index is 0.458. The van der Waals surface area contributed by atoms with E-state index in [9.17, 15) is 4.79 Å². The summed E-state index contributed by atoms with van der Waals surface area (Å²) < 4.78 is 13.1. The molecule has 5 aromatic rings. The third-order valence-corrected chi connectivity index (χ3v) is 6.26. The van der Waals surface area contributed by atoms with Crippen molar-refractivity contribution in [3.63, 3.8) is 0 Å². The Kier molecular flexibility index (Phi) is 7.40. The number of aromatic nitrogens is 6.